The van der Waals surface area contributed by atoms with Crippen LogP contribution in [-0.2, 0) is 13.0 Å². The molecule has 0 fully saturated rings. The number of methoxy groups -OCH3 is 2. The Kier molecular flexibility index (Phi) is 7.56. The molecule has 0 bridgehead atoms. The summed E-state index contributed by atoms with van der Waals surface area (Å²) in [6.45, 7) is 9.19. The van der Waals surface area contributed by atoms with E-state index in [2.05, 4.69) is 67.8 Å². The summed E-state index contributed by atoms with van der Waals surface area (Å²) in [5.41, 5.74) is 5.37. The standard InChI is InChI=1S/C24H33N3O2S/c1-16(2)26-24(30)25-14-21-20-13-23(29-5)22(28-4)12-18(20)10-11-27(21)15-19-9-7-6-8-17(19)3/h6-9,12-13,16,21H,10-11,14-15H2,1-5H3,(H2,25,26,30)/p+1/t21-/m1/s1. The number of benzene rings is 2. The fraction of sp³-hybridized carbons (Fsp3) is 0.458. The van der Waals surface area contributed by atoms with Gasteiger partial charge in [-0.25, -0.2) is 0 Å². The molecule has 0 amide bonds. The molecule has 0 spiro atoms. The first-order valence-corrected chi connectivity index (χ1v) is 11.0. The monoisotopic (exact) mass is 428 g/mol. The zero-order valence-corrected chi connectivity index (χ0v) is 19.5. The van der Waals surface area contributed by atoms with E-state index in [0.29, 0.717) is 11.2 Å². The Labute approximate surface area is 185 Å². The molecule has 3 N–H and O–H groups in total. The fourth-order valence-corrected chi connectivity index (χ4v) is 4.51. The third kappa shape index (κ3) is 5.24. The van der Waals surface area contributed by atoms with Crippen LogP contribution in [0.15, 0.2) is 36.4 Å². The van der Waals surface area contributed by atoms with Gasteiger partial charge in [0.05, 0.1) is 27.3 Å². The van der Waals surface area contributed by atoms with E-state index in [-0.39, 0.29) is 6.04 Å². The molecule has 2 aromatic carbocycles. The van der Waals surface area contributed by atoms with E-state index in [1.165, 1.54) is 27.2 Å². The summed E-state index contributed by atoms with van der Waals surface area (Å²) < 4.78 is 11.1. The van der Waals surface area contributed by atoms with Gasteiger partial charge in [-0.2, -0.15) is 0 Å². The Morgan fingerprint density at radius 2 is 1.87 bits per heavy atom. The maximum Gasteiger partial charge on any atom is 0.166 e. The Balaban J connectivity index is 1.91. The van der Waals surface area contributed by atoms with Crippen LogP contribution in [0.25, 0.3) is 0 Å². The van der Waals surface area contributed by atoms with Crippen molar-refractivity contribution < 1.29 is 14.4 Å². The minimum Gasteiger partial charge on any atom is -0.493 e. The lowest BCUT2D eigenvalue weighted by Gasteiger charge is -2.35. The zero-order valence-electron chi connectivity index (χ0n) is 18.7. The molecule has 1 unspecified atom stereocenters. The largest absolute Gasteiger partial charge is 0.493 e. The highest BCUT2D eigenvalue weighted by atomic mass is 32.1. The molecule has 1 heterocycles. The summed E-state index contributed by atoms with van der Waals surface area (Å²) in [6, 6.07) is 13.5. The average molecular weight is 429 g/mol. The molecule has 2 atom stereocenters. The molecule has 5 nitrogen and oxygen atoms in total. The molecule has 0 saturated heterocycles. The number of thiocarbonyl (C=S) groups is 1. The maximum absolute atomic E-state index is 5.61. The smallest absolute Gasteiger partial charge is 0.166 e. The molecule has 30 heavy (non-hydrogen) atoms. The van der Waals surface area contributed by atoms with Crippen molar-refractivity contribution in [1.29, 1.82) is 0 Å². The molecule has 162 valence electrons. The molecule has 6 heteroatoms. The summed E-state index contributed by atoms with van der Waals surface area (Å²) in [4.78, 5) is 1.53. The van der Waals surface area contributed by atoms with Crippen LogP contribution in [-0.4, -0.2) is 38.5 Å². The second kappa shape index (κ2) is 10.1. The van der Waals surface area contributed by atoms with Gasteiger partial charge in [-0.3, -0.25) is 0 Å². The third-order valence-electron chi connectivity index (χ3n) is 5.79. The highest BCUT2D eigenvalue weighted by molar-refractivity contribution is 7.80. The lowest BCUT2D eigenvalue weighted by atomic mass is 9.91. The van der Waals surface area contributed by atoms with E-state index < -0.39 is 0 Å². The van der Waals surface area contributed by atoms with Crippen LogP contribution in [0.4, 0.5) is 0 Å². The van der Waals surface area contributed by atoms with Crippen molar-refractivity contribution in [2.24, 2.45) is 0 Å². The number of quaternary nitrogens is 1. The molecular formula is C24H34N3O2S+. The summed E-state index contributed by atoms with van der Waals surface area (Å²) in [5.74, 6) is 1.57. The number of aryl methyl sites for hydroxylation is 1. The maximum atomic E-state index is 5.61. The Bertz CT molecular complexity index is 885. The molecule has 1 aliphatic heterocycles. The zero-order chi connectivity index (χ0) is 21.7. The molecule has 2 aromatic rings. The average Bonchev–Trinajstić information content (AvgIpc) is 2.72. The van der Waals surface area contributed by atoms with E-state index >= 15 is 0 Å². The van der Waals surface area contributed by atoms with Gasteiger partial charge in [0.1, 0.15) is 12.6 Å². The number of fused-ring (bicyclic) bond motifs is 1. The van der Waals surface area contributed by atoms with Crippen molar-refractivity contribution >= 4 is 17.3 Å². The van der Waals surface area contributed by atoms with Crippen molar-refractivity contribution in [2.45, 2.75) is 45.8 Å². The van der Waals surface area contributed by atoms with Crippen molar-refractivity contribution in [1.82, 2.24) is 10.6 Å². The predicted octanol–water partition coefficient (Wildman–Crippen LogP) is 2.57. The number of rotatable bonds is 7. The first-order valence-electron chi connectivity index (χ1n) is 10.6. The molecule has 0 saturated carbocycles. The fourth-order valence-electron chi connectivity index (χ4n) is 4.19. The Morgan fingerprint density at radius 3 is 2.53 bits per heavy atom. The van der Waals surface area contributed by atoms with Gasteiger partial charge in [0.25, 0.3) is 0 Å². The van der Waals surface area contributed by atoms with Crippen LogP contribution in [0, 0.1) is 6.92 Å². The van der Waals surface area contributed by atoms with Crippen molar-refractivity contribution in [3.8, 4) is 11.5 Å². The van der Waals surface area contributed by atoms with Gasteiger partial charge < -0.3 is 25.0 Å². The van der Waals surface area contributed by atoms with Crippen LogP contribution in [0.1, 0.15) is 42.1 Å². The highest BCUT2D eigenvalue weighted by Crippen LogP contribution is 2.34. The van der Waals surface area contributed by atoms with Gasteiger partial charge in [-0.1, -0.05) is 24.3 Å². The van der Waals surface area contributed by atoms with Gasteiger partial charge in [-0.05, 0) is 56.2 Å². The van der Waals surface area contributed by atoms with Crippen LogP contribution in [0.3, 0.4) is 0 Å². The van der Waals surface area contributed by atoms with Gasteiger partial charge in [0.15, 0.2) is 16.6 Å². The summed E-state index contributed by atoms with van der Waals surface area (Å²) in [7, 11) is 3.39. The third-order valence-corrected chi connectivity index (χ3v) is 6.06. The van der Waals surface area contributed by atoms with Crippen LogP contribution >= 0.6 is 12.2 Å². The lowest BCUT2D eigenvalue weighted by molar-refractivity contribution is -0.945. The van der Waals surface area contributed by atoms with Crippen molar-refractivity contribution in [2.75, 3.05) is 27.3 Å². The van der Waals surface area contributed by atoms with E-state index in [4.69, 9.17) is 21.7 Å². The van der Waals surface area contributed by atoms with E-state index in [1.807, 2.05) is 0 Å². The second-order valence-electron chi connectivity index (χ2n) is 8.23. The number of nitrogens with one attached hydrogen (secondary N) is 3. The van der Waals surface area contributed by atoms with E-state index in [9.17, 15) is 0 Å². The van der Waals surface area contributed by atoms with Gasteiger partial charge in [0.2, 0.25) is 0 Å². The van der Waals surface area contributed by atoms with Crippen molar-refractivity contribution in [3.63, 3.8) is 0 Å². The van der Waals surface area contributed by atoms with Crippen molar-refractivity contribution in [3.05, 3.63) is 58.7 Å². The highest BCUT2D eigenvalue weighted by Gasteiger charge is 2.33. The summed E-state index contributed by atoms with van der Waals surface area (Å²) >= 11 is 5.50. The number of ether oxygens (including phenoxy) is 2. The number of hydrogen-bond acceptors (Lipinski definition) is 3. The van der Waals surface area contributed by atoms with E-state index in [1.54, 1.807) is 14.2 Å². The molecule has 0 radical (unpaired) electrons. The Morgan fingerprint density at radius 1 is 1.17 bits per heavy atom. The second-order valence-corrected chi connectivity index (χ2v) is 8.64. The van der Waals surface area contributed by atoms with E-state index in [0.717, 1.165) is 37.6 Å². The first kappa shape index (κ1) is 22.4. The SMILES string of the molecule is COc1cc2c(cc1OC)[C@@H](CNC(=S)NC(C)C)[NH+](Cc1ccccc1C)CC2. The predicted molar refractivity (Wildman–Crippen MR) is 126 cm³/mol. The van der Waals surface area contributed by atoms with Gasteiger partial charge in [-0.15, -0.1) is 0 Å². The minimum atomic E-state index is 0.264. The van der Waals surface area contributed by atoms with Gasteiger partial charge >= 0.3 is 0 Å². The minimum absolute atomic E-state index is 0.264. The molecule has 0 aliphatic carbocycles. The first-order chi connectivity index (χ1) is 14.4. The Hall–Kier alpha value is -2.31. The normalized spacial score (nSPS) is 17.9. The number of hydrogen-bond donors (Lipinski definition) is 3. The molecule has 0 aromatic heterocycles. The van der Waals surface area contributed by atoms with Crippen LogP contribution in [0.5, 0.6) is 11.5 Å². The topological polar surface area (TPSA) is 47.0 Å². The summed E-state index contributed by atoms with van der Waals surface area (Å²) in [6.07, 6.45) is 1.02. The molecular weight excluding hydrogens is 394 g/mol. The lowest BCUT2D eigenvalue weighted by Crippen LogP contribution is -3.12. The van der Waals surface area contributed by atoms with Crippen LogP contribution in [0.2, 0.25) is 0 Å². The summed E-state index contributed by atoms with van der Waals surface area (Å²) in [5, 5.41) is 7.44. The molecule has 1 aliphatic rings. The van der Waals surface area contributed by atoms with Gasteiger partial charge in [0, 0.05) is 23.6 Å². The van der Waals surface area contributed by atoms with Crippen LogP contribution < -0.4 is 25.0 Å². The quantitative estimate of drug-likeness (QED) is 0.592. The molecule has 3 rings (SSSR count).